The molecular weight excluding hydrogens is 270 g/mol. The van der Waals surface area contributed by atoms with Crippen molar-refractivity contribution in [1.29, 1.82) is 0 Å². The molecule has 1 N–H and O–H groups in total. The zero-order valence-electron chi connectivity index (χ0n) is 9.55. The van der Waals surface area contributed by atoms with Crippen LogP contribution in [0.25, 0.3) is 11.1 Å². The first-order valence-corrected chi connectivity index (χ1v) is 6.65. The third kappa shape index (κ3) is 2.78. The van der Waals surface area contributed by atoms with E-state index in [0.717, 1.165) is 0 Å². The number of hydrogen-bond acceptors (Lipinski definition) is 4. The van der Waals surface area contributed by atoms with E-state index in [4.69, 9.17) is 4.55 Å². The normalized spacial score (nSPS) is 11.2. The molecular formula is C12H9NO5S. The van der Waals surface area contributed by atoms with Crippen molar-refractivity contribution in [2.45, 2.75) is 4.90 Å². The van der Waals surface area contributed by atoms with Crippen LogP contribution in [0.3, 0.4) is 0 Å². The van der Waals surface area contributed by atoms with Crippen LogP contribution in [0.5, 0.6) is 0 Å². The fourth-order valence-electron chi connectivity index (χ4n) is 1.72. The first-order valence-electron chi connectivity index (χ1n) is 5.21. The predicted molar refractivity (Wildman–Crippen MR) is 68.3 cm³/mol. The summed E-state index contributed by atoms with van der Waals surface area (Å²) in [5.74, 6) is 0. The van der Waals surface area contributed by atoms with E-state index in [9.17, 15) is 18.5 Å². The number of benzene rings is 2. The van der Waals surface area contributed by atoms with Gasteiger partial charge in [-0.3, -0.25) is 14.7 Å². The molecule has 6 nitrogen and oxygen atoms in total. The zero-order chi connectivity index (χ0) is 14.0. The summed E-state index contributed by atoms with van der Waals surface area (Å²) in [6.45, 7) is 0. The fourth-order valence-corrected chi connectivity index (χ4v) is 2.43. The summed E-state index contributed by atoms with van der Waals surface area (Å²) in [4.78, 5) is 9.85. The average Bonchev–Trinajstić information content (AvgIpc) is 2.38. The lowest BCUT2D eigenvalue weighted by molar-refractivity contribution is -0.384. The van der Waals surface area contributed by atoms with E-state index in [0.29, 0.717) is 5.56 Å². The number of nitro benzene ring substituents is 1. The van der Waals surface area contributed by atoms with Crippen LogP contribution in [-0.4, -0.2) is 17.9 Å². The molecule has 2 rings (SSSR count). The van der Waals surface area contributed by atoms with Gasteiger partial charge in [0.25, 0.3) is 15.8 Å². The summed E-state index contributed by atoms with van der Waals surface area (Å²) in [6, 6.07) is 11.3. The molecule has 0 aliphatic carbocycles. The van der Waals surface area contributed by atoms with Crippen LogP contribution in [-0.2, 0) is 10.1 Å². The zero-order valence-corrected chi connectivity index (χ0v) is 10.4. The summed E-state index contributed by atoms with van der Waals surface area (Å²) in [5, 5.41) is 10.7. The van der Waals surface area contributed by atoms with Gasteiger partial charge in [-0.1, -0.05) is 30.3 Å². The SMILES string of the molecule is O=[N+]([O-])c1cccc(-c2ccccc2S(=O)(=O)O)c1. The molecule has 0 saturated heterocycles. The highest BCUT2D eigenvalue weighted by atomic mass is 32.2. The lowest BCUT2D eigenvalue weighted by Crippen LogP contribution is -2.00. The maximum absolute atomic E-state index is 11.3. The number of hydrogen-bond donors (Lipinski definition) is 1. The van der Waals surface area contributed by atoms with Gasteiger partial charge in [-0.05, 0) is 11.6 Å². The number of nitrogens with zero attached hydrogens (tertiary/aromatic N) is 1. The molecule has 0 fully saturated rings. The Morgan fingerprint density at radius 3 is 2.37 bits per heavy atom. The molecule has 7 heteroatoms. The third-order valence-electron chi connectivity index (χ3n) is 2.53. The van der Waals surface area contributed by atoms with Crippen LogP contribution >= 0.6 is 0 Å². The van der Waals surface area contributed by atoms with Crippen molar-refractivity contribution in [3.8, 4) is 11.1 Å². The number of nitro groups is 1. The van der Waals surface area contributed by atoms with Crippen LogP contribution in [0.4, 0.5) is 5.69 Å². The quantitative estimate of drug-likeness (QED) is 0.529. The van der Waals surface area contributed by atoms with E-state index in [1.165, 1.54) is 42.5 Å². The van der Waals surface area contributed by atoms with E-state index in [2.05, 4.69) is 0 Å². The van der Waals surface area contributed by atoms with E-state index in [1.54, 1.807) is 6.07 Å². The molecule has 0 amide bonds. The molecule has 0 aliphatic heterocycles. The van der Waals surface area contributed by atoms with Gasteiger partial charge < -0.3 is 0 Å². The van der Waals surface area contributed by atoms with Gasteiger partial charge in [0.2, 0.25) is 0 Å². The highest BCUT2D eigenvalue weighted by Crippen LogP contribution is 2.29. The summed E-state index contributed by atoms with van der Waals surface area (Å²) >= 11 is 0. The van der Waals surface area contributed by atoms with E-state index < -0.39 is 15.0 Å². The molecule has 0 bridgehead atoms. The number of non-ortho nitro benzene ring substituents is 1. The topological polar surface area (TPSA) is 97.5 Å². The standard InChI is InChI=1S/C12H9NO5S/c14-13(15)10-5-3-4-9(8-10)11-6-1-2-7-12(11)19(16,17)18/h1-8H,(H,16,17,18). The molecule has 0 heterocycles. The Bertz CT molecular complexity index is 739. The van der Waals surface area contributed by atoms with Crippen molar-refractivity contribution < 1.29 is 17.9 Å². The summed E-state index contributed by atoms with van der Waals surface area (Å²) in [6.07, 6.45) is 0. The Morgan fingerprint density at radius 2 is 1.74 bits per heavy atom. The minimum absolute atomic E-state index is 0.150. The van der Waals surface area contributed by atoms with Gasteiger partial charge in [0.15, 0.2) is 0 Å². The number of rotatable bonds is 3. The van der Waals surface area contributed by atoms with Crippen molar-refractivity contribution in [1.82, 2.24) is 0 Å². The minimum Gasteiger partial charge on any atom is -0.282 e. The molecule has 0 aliphatic rings. The van der Waals surface area contributed by atoms with Crippen LogP contribution < -0.4 is 0 Å². The molecule has 19 heavy (non-hydrogen) atoms. The second-order valence-corrected chi connectivity index (χ2v) is 5.17. The van der Waals surface area contributed by atoms with Crippen LogP contribution in [0.1, 0.15) is 0 Å². The molecule has 98 valence electrons. The van der Waals surface area contributed by atoms with Crippen molar-refractivity contribution in [3.63, 3.8) is 0 Å². The Hall–Kier alpha value is -2.25. The van der Waals surface area contributed by atoms with Crippen molar-refractivity contribution in [3.05, 3.63) is 58.6 Å². The van der Waals surface area contributed by atoms with Gasteiger partial charge in [0.1, 0.15) is 4.90 Å². The highest BCUT2D eigenvalue weighted by molar-refractivity contribution is 7.86. The Kier molecular flexibility index (Phi) is 3.32. The molecule has 0 saturated carbocycles. The van der Waals surface area contributed by atoms with Crippen molar-refractivity contribution >= 4 is 15.8 Å². The molecule has 0 unspecified atom stereocenters. The maximum Gasteiger partial charge on any atom is 0.295 e. The van der Waals surface area contributed by atoms with Crippen LogP contribution in [0.15, 0.2) is 53.4 Å². The molecule has 0 atom stereocenters. The second kappa shape index (κ2) is 4.79. The Morgan fingerprint density at radius 1 is 1.05 bits per heavy atom. The third-order valence-corrected chi connectivity index (χ3v) is 3.44. The monoisotopic (exact) mass is 279 g/mol. The van der Waals surface area contributed by atoms with Crippen LogP contribution in [0.2, 0.25) is 0 Å². The highest BCUT2D eigenvalue weighted by Gasteiger charge is 2.17. The second-order valence-electron chi connectivity index (χ2n) is 3.78. The lowest BCUT2D eigenvalue weighted by atomic mass is 10.1. The Labute approximate surface area is 109 Å². The largest absolute Gasteiger partial charge is 0.295 e. The molecule has 2 aromatic carbocycles. The van der Waals surface area contributed by atoms with E-state index >= 15 is 0 Å². The van der Waals surface area contributed by atoms with Gasteiger partial charge in [-0.2, -0.15) is 8.42 Å². The van der Waals surface area contributed by atoms with Gasteiger partial charge >= 0.3 is 0 Å². The lowest BCUT2D eigenvalue weighted by Gasteiger charge is -2.06. The molecule has 0 aromatic heterocycles. The summed E-state index contributed by atoms with van der Waals surface area (Å²) < 4.78 is 31.7. The average molecular weight is 279 g/mol. The Balaban J connectivity index is 2.66. The maximum atomic E-state index is 11.3. The molecule has 2 aromatic rings. The van der Waals surface area contributed by atoms with Gasteiger partial charge in [0.05, 0.1) is 4.92 Å². The molecule has 0 spiro atoms. The first kappa shape index (κ1) is 13.2. The van der Waals surface area contributed by atoms with E-state index in [-0.39, 0.29) is 16.1 Å². The molecule has 0 radical (unpaired) electrons. The smallest absolute Gasteiger partial charge is 0.282 e. The summed E-state index contributed by atoms with van der Waals surface area (Å²) in [5.41, 5.74) is 0.416. The van der Waals surface area contributed by atoms with Crippen molar-refractivity contribution in [2.75, 3.05) is 0 Å². The fraction of sp³-hybridized carbons (Fsp3) is 0. The minimum atomic E-state index is -4.38. The van der Waals surface area contributed by atoms with Crippen LogP contribution in [0, 0.1) is 10.1 Å². The van der Waals surface area contributed by atoms with Gasteiger partial charge in [-0.25, -0.2) is 0 Å². The van der Waals surface area contributed by atoms with Gasteiger partial charge in [0, 0.05) is 17.7 Å². The van der Waals surface area contributed by atoms with E-state index in [1.807, 2.05) is 0 Å². The van der Waals surface area contributed by atoms with Crippen molar-refractivity contribution in [2.24, 2.45) is 0 Å². The summed E-state index contributed by atoms with van der Waals surface area (Å²) in [7, 11) is -4.38. The predicted octanol–water partition coefficient (Wildman–Crippen LogP) is 2.51. The first-order chi connectivity index (χ1) is 8.89. The van der Waals surface area contributed by atoms with Gasteiger partial charge in [-0.15, -0.1) is 0 Å².